The summed E-state index contributed by atoms with van der Waals surface area (Å²) in [5, 5.41) is 0. The molecule has 0 N–H and O–H groups in total. The fourth-order valence-electron chi connectivity index (χ4n) is 0.755. The molecular weight excluding hydrogens is 180 g/mol. The second kappa shape index (κ2) is 10.1. The zero-order valence-electron chi connectivity index (χ0n) is 9.55. The van der Waals surface area contributed by atoms with Gasteiger partial charge >= 0.3 is 0 Å². The normalized spacial score (nSPS) is 8.57. The third-order valence-corrected chi connectivity index (χ3v) is 1.47. The van der Waals surface area contributed by atoms with Gasteiger partial charge in [0.1, 0.15) is 5.78 Å². The van der Waals surface area contributed by atoms with Crippen molar-refractivity contribution in [3.63, 3.8) is 0 Å². The number of rotatable bonds is 5. The maximum atomic E-state index is 10.4. The van der Waals surface area contributed by atoms with Gasteiger partial charge in [0.15, 0.2) is 11.6 Å². The smallest absolute Gasteiger partial charge is 0.198 e. The number of ketones is 3. The highest BCUT2D eigenvalue weighted by Gasteiger charge is 2.03. The molecular formula is C11H20O3. The Bertz CT molecular complexity index is 195. The van der Waals surface area contributed by atoms with Crippen LogP contribution in [0.5, 0.6) is 0 Å². The molecule has 0 unspecified atom stereocenters. The van der Waals surface area contributed by atoms with Crippen LogP contribution in [0.2, 0.25) is 0 Å². The van der Waals surface area contributed by atoms with Crippen LogP contribution in [0.4, 0.5) is 0 Å². The molecule has 0 saturated carbocycles. The number of Topliss-reactive ketones (excluding diaryl/α,β-unsaturated/α-hetero) is 3. The molecule has 82 valence electrons. The molecule has 0 radical (unpaired) electrons. The van der Waals surface area contributed by atoms with Crippen LogP contribution in [0.1, 0.15) is 53.4 Å². The second-order valence-electron chi connectivity index (χ2n) is 3.18. The van der Waals surface area contributed by atoms with Crippen molar-refractivity contribution in [2.75, 3.05) is 0 Å². The van der Waals surface area contributed by atoms with Crippen molar-refractivity contribution in [1.82, 2.24) is 0 Å². The molecule has 0 spiro atoms. The summed E-state index contributed by atoms with van der Waals surface area (Å²) in [4.78, 5) is 30.6. The molecule has 0 aliphatic carbocycles. The lowest BCUT2D eigenvalue weighted by atomic mass is 10.2. The van der Waals surface area contributed by atoms with Gasteiger partial charge in [0.05, 0.1) is 0 Å². The third-order valence-electron chi connectivity index (χ3n) is 1.47. The Labute approximate surface area is 85.9 Å². The summed E-state index contributed by atoms with van der Waals surface area (Å²) in [6.07, 6.45) is 2.88. The van der Waals surface area contributed by atoms with E-state index in [1.807, 2.05) is 13.8 Å². The Morgan fingerprint density at radius 3 is 1.36 bits per heavy atom. The third kappa shape index (κ3) is 13.6. The van der Waals surface area contributed by atoms with Crippen molar-refractivity contribution in [2.24, 2.45) is 0 Å². The first-order valence-corrected chi connectivity index (χ1v) is 4.98. The van der Waals surface area contributed by atoms with Gasteiger partial charge in [0.2, 0.25) is 0 Å². The van der Waals surface area contributed by atoms with Crippen LogP contribution in [0.15, 0.2) is 0 Å². The van der Waals surface area contributed by atoms with Crippen molar-refractivity contribution < 1.29 is 14.4 Å². The summed E-state index contributed by atoms with van der Waals surface area (Å²) in [5.41, 5.74) is 0. The van der Waals surface area contributed by atoms with Crippen molar-refractivity contribution in [3.8, 4) is 0 Å². The first kappa shape index (κ1) is 15.5. The molecule has 14 heavy (non-hydrogen) atoms. The van der Waals surface area contributed by atoms with Crippen molar-refractivity contribution in [2.45, 2.75) is 53.4 Å². The lowest BCUT2D eigenvalue weighted by molar-refractivity contribution is -0.135. The Morgan fingerprint density at radius 1 is 0.857 bits per heavy atom. The molecule has 0 heterocycles. The molecule has 0 aliphatic heterocycles. The van der Waals surface area contributed by atoms with E-state index in [4.69, 9.17) is 0 Å². The van der Waals surface area contributed by atoms with Gasteiger partial charge in [0, 0.05) is 19.8 Å². The van der Waals surface area contributed by atoms with Crippen LogP contribution >= 0.6 is 0 Å². The van der Waals surface area contributed by atoms with E-state index in [0.717, 1.165) is 19.3 Å². The SMILES string of the molecule is CCCC(=O)C(C)=O.CCCC(C)=O. The fourth-order valence-corrected chi connectivity index (χ4v) is 0.755. The minimum absolute atomic E-state index is 0.257. The molecule has 0 fully saturated rings. The minimum Gasteiger partial charge on any atom is -0.300 e. The maximum Gasteiger partial charge on any atom is 0.198 e. The Kier molecular flexibility index (Phi) is 11.2. The molecule has 0 aromatic heterocycles. The van der Waals surface area contributed by atoms with Crippen LogP contribution < -0.4 is 0 Å². The lowest BCUT2D eigenvalue weighted by Crippen LogP contribution is -2.07. The van der Waals surface area contributed by atoms with E-state index in [-0.39, 0.29) is 17.3 Å². The minimum atomic E-state index is -0.327. The Balaban J connectivity index is 0. The molecule has 3 nitrogen and oxygen atoms in total. The van der Waals surface area contributed by atoms with Gasteiger partial charge in [-0.2, -0.15) is 0 Å². The zero-order chi connectivity index (χ0) is 11.6. The molecule has 0 amide bonds. The van der Waals surface area contributed by atoms with Crippen LogP contribution in [0, 0.1) is 0 Å². The molecule has 0 aliphatic rings. The number of hydrogen-bond donors (Lipinski definition) is 0. The maximum absolute atomic E-state index is 10.4. The second-order valence-corrected chi connectivity index (χ2v) is 3.18. The molecule has 0 bridgehead atoms. The monoisotopic (exact) mass is 200 g/mol. The summed E-state index contributed by atoms with van der Waals surface area (Å²) in [6.45, 7) is 6.80. The van der Waals surface area contributed by atoms with Gasteiger partial charge in [0.25, 0.3) is 0 Å². The highest BCUT2D eigenvalue weighted by atomic mass is 16.2. The molecule has 0 saturated heterocycles. The highest BCUT2D eigenvalue weighted by molar-refractivity contribution is 6.36. The summed E-state index contributed by atoms with van der Waals surface area (Å²) in [5.74, 6) is -0.295. The molecule has 0 aromatic rings. The van der Waals surface area contributed by atoms with Crippen LogP contribution in [0.3, 0.4) is 0 Å². The predicted octanol–water partition coefficient (Wildman–Crippen LogP) is 2.32. The van der Waals surface area contributed by atoms with E-state index >= 15 is 0 Å². The van der Waals surface area contributed by atoms with Gasteiger partial charge in [-0.05, 0) is 19.8 Å². The molecule has 3 heteroatoms. The lowest BCUT2D eigenvalue weighted by Gasteiger charge is -1.87. The summed E-state index contributed by atoms with van der Waals surface area (Å²) < 4.78 is 0. The van der Waals surface area contributed by atoms with E-state index in [1.165, 1.54) is 6.92 Å². The number of hydrogen-bond acceptors (Lipinski definition) is 3. The number of carbonyl (C=O) groups is 3. The first-order valence-electron chi connectivity index (χ1n) is 4.98. The molecule has 0 rings (SSSR count). The van der Waals surface area contributed by atoms with Crippen molar-refractivity contribution in [3.05, 3.63) is 0 Å². The molecule has 0 aromatic carbocycles. The van der Waals surface area contributed by atoms with Crippen molar-refractivity contribution in [1.29, 1.82) is 0 Å². The van der Waals surface area contributed by atoms with E-state index in [0.29, 0.717) is 6.42 Å². The van der Waals surface area contributed by atoms with E-state index < -0.39 is 0 Å². The quantitative estimate of drug-likeness (QED) is 0.640. The topological polar surface area (TPSA) is 51.2 Å². The van der Waals surface area contributed by atoms with E-state index in [2.05, 4.69) is 0 Å². The average Bonchev–Trinajstić information content (AvgIpc) is 2.05. The average molecular weight is 200 g/mol. The first-order chi connectivity index (χ1) is 6.45. The van der Waals surface area contributed by atoms with Gasteiger partial charge in [-0.1, -0.05) is 13.8 Å². The highest BCUT2D eigenvalue weighted by Crippen LogP contribution is 1.88. The van der Waals surface area contributed by atoms with Gasteiger partial charge in [-0.25, -0.2) is 0 Å². The van der Waals surface area contributed by atoms with Gasteiger partial charge in [-0.15, -0.1) is 0 Å². The standard InChI is InChI=1S/C6H10O2.C5H10O/c1-3-4-6(8)5(2)7;1-3-4-5(2)6/h3-4H2,1-2H3;3-4H2,1-2H3. The van der Waals surface area contributed by atoms with Gasteiger partial charge in [-0.3, -0.25) is 9.59 Å². The van der Waals surface area contributed by atoms with Crippen LogP contribution in [-0.4, -0.2) is 17.3 Å². The fraction of sp³-hybridized carbons (Fsp3) is 0.727. The summed E-state index contributed by atoms with van der Waals surface area (Å²) >= 11 is 0. The summed E-state index contributed by atoms with van der Waals surface area (Å²) in [7, 11) is 0. The van der Waals surface area contributed by atoms with Crippen molar-refractivity contribution >= 4 is 17.3 Å². The van der Waals surface area contributed by atoms with E-state index in [1.54, 1.807) is 6.92 Å². The van der Waals surface area contributed by atoms with Crippen LogP contribution in [-0.2, 0) is 14.4 Å². The van der Waals surface area contributed by atoms with E-state index in [9.17, 15) is 14.4 Å². The largest absolute Gasteiger partial charge is 0.300 e. The Hall–Kier alpha value is -0.990. The predicted molar refractivity (Wildman–Crippen MR) is 56.2 cm³/mol. The number of carbonyl (C=O) groups excluding carboxylic acids is 3. The molecule has 0 atom stereocenters. The van der Waals surface area contributed by atoms with Gasteiger partial charge < -0.3 is 4.79 Å². The summed E-state index contributed by atoms with van der Waals surface area (Å²) in [6, 6.07) is 0. The zero-order valence-corrected chi connectivity index (χ0v) is 9.55. The Morgan fingerprint density at radius 2 is 1.29 bits per heavy atom. The van der Waals surface area contributed by atoms with Crippen LogP contribution in [0.25, 0.3) is 0 Å².